The van der Waals surface area contributed by atoms with Gasteiger partial charge in [-0.25, -0.2) is 0 Å². The summed E-state index contributed by atoms with van der Waals surface area (Å²) >= 11 is 3.27. The first-order valence-electron chi connectivity index (χ1n) is 7.41. The van der Waals surface area contributed by atoms with Crippen molar-refractivity contribution in [3.8, 4) is 5.75 Å². The summed E-state index contributed by atoms with van der Waals surface area (Å²) in [7, 11) is 1.41. The second-order valence-corrected chi connectivity index (χ2v) is 6.02. The lowest BCUT2D eigenvalue weighted by Gasteiger charge is -2.10. The number of nitro benzene ring substituents is 1. The number of hydrogen-bond acceptors (Lipinski definition) is 6. The molecule has 0 heterocycles. The molecule has 2 rings (SSSR count). The van der Waals surface area contributed by atoms with Crippen LogP contribution in [0, 0.1) is 10.1 Å². The summed E-state index contributed by atoms with van der Waals surface area (Å²) in [4.78, 5) is 34.0. The van der Waals surface area contributed by atoms with Crippen LogP contribution in [0.25, 0.3) is 0 Å². The SMILES string of the molecule is COc1ccc([N+](=O)[O-])cc1COC(=O)CNC(=O)c1ccc(Br)cc1. The van der Waals surface area contributed by atoms with Crippen molar-refractivity contribution < 1.29 is 24.0 Å². The topological polar surface area (TPSA) is 108 Å². The molecule has 2 aromatic carbocycles. The van der Waals surface area contributed by atoms with Crippen LogP contribution in [0.5, 0.6) is 5.75 Å². The van der Waals surface area contributed by atoms with E-state index in [1.54, 1.807) is 24.3 Å². The predicted octanol–water partition coefficient (Wildman–Crippen LogP) is 2.84. The Kier molecular flexibility index (Phi) is 6.67. The summed E-state index contributed by atoms with van der Waals surface area (Å²) in [6.07, 6.45) is 0. The summed E-state index contributed by atoms with van der Waals surface area (Å²) in [6, 6.07) is 10.6. The van der Waals surface area contributed by atoms with Crippen LogP contribution < -0.4 is 10.1 Å². The minimum atomic E-state index is -0.677. The van der Waals surface area contributed by atoms with Crippen LogP contribution in [0.15, 0.2) is 46.9 Å². The number of nitrogens with zero attached hydrogens (tertiary/aromatic N) is 1. The number of amides is 1. The number of carbonyl (C=O) groups is 2. The van der Waals surface area contributed by atoms with Crippen molar-refractivity contribution in [1.29, 1.82) is 0 Å². The Bertz CT molecular complexity index is 823. The number of ether oxygens (including phenoxy) is 2. The first-order chi connectivity index (χ1) is 12.4. The molecule has 26 heavy (non-hydrogen) atoms. The molecule has 8 nitrogen and oxygen atoms in total. The zero-order chi connectivity index (χ0) is 19.1. The highest BCUT2D eigenvalue weighted by Crippen LogP contribution is 2.24. The van der Waals surface area contributed by atoms with Gasteiger partial charge in [-0.1, -0.05) is 15.9 Å². The van der Waals surface area contributed by atoms with Crippen LogP contribution in [0.3, 0.4) is 0 Å². The molecule has 0 spiro atoms. The average Bonchev–Trinajstić information content (AvgIpc) is 2.64. The second kappa shape index (κ2) is 8.95. The summed E-state index contributed by atoms with van der Waals surface area (Å²) in [5.74, 6) is -0.728. The fourth-order valence-electron chi connectivity index (χ4n) is 2.06. The zero-order valence-corrected chi connectivity index (χ0v) is 15.3. The summed E-state index contributed by atoms with van der Waals surface area (Å²) in [5.41, 5.74) is 0.621. The molecule has 136 valence electrons. The molecule has 0 saturated carbocycles. The van der Waals surface area contributed by atoms with Crippen molar-refractivity contribution in [2.45, 2.75) is 6.61 Å². The fourth-order valence-corrected chi connectivity index (χ4v) is 2.32. The molecular formula is C17H15BrN2O6. The van der Waals surface area contributed by atoms with Gasteiger partial charge in [0, 0.05) is 27.7 Å². The summed E-state index contributed by atoms with van der Waals surface area (Å²) < 4.78 is 11.0. The van der Waals surface area contributed by atoms with Gasteiger partial charge < -0.3 is 14.8 Å². The number of rotatable bonds is 7. The van der Waals surface area contributed by atoms with Gasteiger partial charge in [0.15, 0.2) is 0 Å². The molecule has 0 unspecified atom stereocenters. The van der Waals surface area contributed by atoms with E-state index in [1.807, 2.05) is 0 Å². The Labute approximate surface area is 157 Å². The van der Waals surface area contributed by atoms with Crippen LogP contribution in [0.2, 0.25) is 0 Å². The van der Waals surface area contributed by atoms with Gasteiger partial charge in [-0.15, -0.1) is 0 Å². The van der Waals surface area contributed by atoms with Gasteiger partial charge in [0.1, 0.15) is 18.9 Å². The number of nitro groups is 1. The molecular weight excluding hydrogens is 408 g/mol. The van der Waals surface area contributed by atoms with Crippen molar-refractivity contribution in [3.05, 3.63) is 68.2 Å². The monoisotopic (exact) mass is 422 g/mol. The maximum absolute atomic E-state index is 11.9. The minimum Gasteiger partial charge on any atom is -0.496 e. The largest absolute Gasteiger partial charge is 0.496 e. The van der Waals surface area contributed by atoms with Crippen LogP contribution >= 0.6 is 15.9 Å². The van der Waals surface area contributed by atoms with E-state index in [9.17, 15) is 19.7 Å². The molecule has 0 aliphatic carbocycles. The normalized spacial score (nSPS) is 10.1. The van der Waals surface area contributed by atoms with Crippen molar-refractivity contribution >= 4 is 33.5 Å². The number of hydrogen-bond donors (Lipinski definition) is 1. The standard InChI is InChI=1S/C17H15BrN2O6/c1-25-15-7-6-14(20(23)24)8-12(15)10-26-16(21)9-19-17(22)11-2-4-13(18)5-3-11/h2-8H,9-10H2,1H3,(H,19,22). The van der Waals surface area contributed by atoms with Crippen molar-refractivity contribution in [2.75, 3.05) is 13.7 Å². The van der Waals surface area contributed by atoms with E-state index in [4.69, 9.17) is 9.47 Å². The molecule has 0 radical (unpaired) electrons. The number of esters is 1. The fraction of sp³-hybridized carbons (Fsp3) is 0.176. The number of carbonyl (C=O) groups excluding carboxylic acids is 2. The molecule has 1 amide bonds. The zero-order valence-electron chi connectivity index (χ0n) is 13.7. The lowest BCUT2D eigenvalue weighted by atomic mass is 10.2. The van der Waals surface area contributed by atoms with E-state index in [0.29, 0.717) is 16.9 Å². The molecule has 0 saturated heterocycles. The maximum Gasteiger partial charge on any atom is 0.325 e. The van der Waals surface area contributed by atoms with Gasteiger partial charge in [-0.05, 0) is 30.3 Å². The molecule has 2 aromatic rings. The van der Waals surface area contributed by atoms with E-state index in [2.05, 4.69) is 21.2 Å². The lowest BCUT2D eigenvalue weighted by molar-refractivity contribution is -0.385. The number of halogens is 1. The molecule has 0 fully saturated rings. The van der Waals surface area contributed by atoms with Gasteiger partial charge in [-0.3, -0.25) is 19.7 Å². The molecule has 0 aromatic heterocycles. The number of methoxy groups -OCH3 is 1. The van der Waals surface area contributed by atoms with Crippen LogP contribution in [-0.2, 0) is 16.1 Å². The van der Waals surface area contributed by atoms with Crippen LogP contribution in [0.1, 0.15) is 15.9 Å². The molecule has 1 N–H and O–H groups in total. The van der Waals surface area contributed by atoms with Gasteiger partial charge >= 0.3 is 5.97 Å². The number of benzene rings is 2. The third-order valence-corrected chi connectivity index (χ3v) is 3.89. The maximum atomic E-state index is 11.9. The highest BCUT2D eigenvalue weighted by Gasteiger charge is 2.14. The number of non-ortho nitro benzene ring substituents is 1. The van der Waals surface area contributed by atoms with Gasteiger partial charge in [-0.2, -0.15) is 0 Å². The lowest BCUT2D eigenvalue weighted by Crippen LogP contribution is -2.30. The van der Waals surface area contributed by atoms with E-state index in [-0.39, 0.29) is 18.8 Å². The first-order valence-corrected chi connectivity index (χ1v) is 8.20. The predicted molar refractivity (Wildman–Crippen MR) is 95.9 cm³/mol. The highest BCUT2D eigenvalue weighted by atomic mass is 79.9. The van der Waals surface area contributed by atoms with E-state index in [1.165, 1.54) is 25.3 Å². The Balaban J connectivity index is 1.90. The van der Waals surface area contributed by atoms with Crippen LogP contribution in [0.4, 0.5) is 5.69 Å². The highest BCUT2D eigenvalue weighted by molar-refractivity contribution is 9.10. The molecule has 0 aliphatic heterocycles. The second-order valence-electron chi connectivity index (χ2n) is 5.10. The van der Waals surface area contributed by atoms with Crippen molar-refractivity contribution in [3.63, 3.8) is 0 Å². The quantitative estimate of drug-likeness (QED) is 0.417. The van der Waals surface area contributed by atoms with E-state index in [0.717, 1.165) is 4.47 Å². The van der Waals surface area contributed by atoms with Crippen LogP contribution in [-0.4, -0.2) is 30.5 Å². The molecule has 0 aliphatic rings. The van der Waals surface area contributed by atoms with E-state index >= 15 is 0 Å². The van der Waals surface area contributed by atoms with Crippen molar-refractivity contribution in [2.24, 2.45) is 0 Å². The van der Waals surface area contributed by atoms with Gasteiger partial charge in [0.25, 0.3) is 11.6 Å². The minimum absolute atomic E-state index is 0.139. The Morgan fingerprint density at radius 3 is 2.50 bits per heavy atom. The Hall–Kier alpha value is -2.94. The third-order valence-electron chi connectivity index (χ3n) is 3.36. The summed E-state index contributed by atoms with van der Waals surface area (Å²) in [6.45, 7) is -0.538. The smallest absolute Gasteiger partial charge is 0.325 e. The molecule has 0 atom stereocenters. The average molecular weight is 423 g/mol. The van der Waals surface area contributed by atoms with Gasteiger partial charge in [0.05, 0.1) is 12.0 Å². The Morgan fingerprint density at radius 1 is 1.19 bits per heavy atom. The Morgan fingerprint density at radius 2 is 1.88 bits per heavy atom. The molecule has 9 heteroatoms. The third kappa shape index (κ3) is 5.28. The van der Waals surface area contributed by atoms with Crippen molar-refractivity contribution in [1.82, 2.24) is 5.32 Å². The molecule has 0 bridgehead atoms. The van der Waals surface area contributed by atoms with Gasteiger partial charge in [0.2, 0.25) is 0 Å². The van der Waals surface area contributed by atoms with E-state index < -0.39 is 16.8 Å². The summed E-state index contributed by atoms with van der Waals surface area (Å²) in [5, 5.41) is 13.3. The number of nitrogens with one attached hydrogen (secondary N) is 1. The first kappa shape index (κ1) is 19.4.